The van der Waals surface area contributed by atoms with Gasteiger partial charge in [-0.05, 0) is 19.8 Å². The minimum atomic E-state index is -3.61. The molecule has 0 aromatic rings. The number of hydrogen-bond acceptors (Lipinski definition) is 4. The van der Waals surface area contributed by atoms with E-state index >= 15 is 0 Å². The van der Waals surface area contributed by atoms with Crippen molar-refractivity contribution in [3.05, 3.63) is 0 Å². The second-order valence-electron chi connectivity index (χ2n) is 5.00. The van der Waals surface area contributed by atoms with Gasteiger partial charge in [-0.15, -0.1) is 0 Å². The van der Waals surface area contributed by atoms with E-state index in [9.17, 15) is 13.2 Å². The Balaban J connectivity index is 2.73. The van der Waals surface area contributed by atoms with E-state index in [0.29, 0.717) is 19.4 Å². The Morgan fingerprint density at radius 3 is 2.45 bits per heavy atom. The van der Waals surface area contributed by atoms with Gasteiger partial charge in [-0.2, -0.15) is 22.3 Å². The minimum absolute atomic E-state index is 0.161. The lowest BCUT2D eigenvalue weighted by atomic mass is 9.99. The van der Waals surface area contributed by atoms with Crippen LogP contribution in [0.15, 0.2) is 0 Å². The third-order valence-corrected chi connectivity index (χ3v) is 5.58. The Hall–Kier alpha value is -1.17. The standard InChI is InChI=1S/C12H21N3O4S/c1-3-14(9-10(2)8-13)20(18,19)15-6-4-11(5-7-15)12(16)17/h10-11H,3-7,9H2,1-2H3,(H,16,17). The van der Waals surface area contributed by atoms with Gasteiger partial charge >= 0.3 is 5.97 Å². The third-order valence-electron chi connectivity index (χ3n) is 3.51. The lowest BCUT2D eigenvalue weighted by Gasteiger charge is -2.33. The van der Waals surface area contributed by atoms with Gasteiger partial charge in [0.2, 0.25) is 0 Å². The first-order chi connectivity index (χ1) is 9.32. The Kier molecular flexibility index (Phi) is 5.92. The number of nitriles is 1. The zero-order valence-corrected chi connectivity index (χ0v) is 12.6. The summed E-state index contributed by atoms with van der Waals surface area (Å²) in [7, 11) is -3.61. The Morgan fingerprint density at radius 2 is 2.05 bits per heavy atom. The van der Waals surface area contributed by atoms with Crippen LogP contribution in [0.4, 0.5) is 0 Å². The maximum atomic E-state index is 12.4. The molecular weight excluding hydrogens is 282 g/mol. The quantitative estimate of drug-likeness (QED) is 0.770. The molecule has 1 heterocycles. The van der Waals surface area contributed by atoms with Crippen LogP contribution >= 0.6 is 0 Å². The summed E-state index contributed by atoms with van der Waals surface area (Å²) in [5.74, 6) is -1.71. The van der Waals surface area contributed by atoms with E-state index in [2.05, 4.69) is 0 Å². The van der Waals surface area contributed by atoms with Crippen LogP contribution in [0.2, 0.25) is 0 Å². The van der Waals surface area contributed by atoms with Gasteiger partial charge in [-0.25, -0.2) is 0 Å². The summed E-state index contributed by atoms with van der Waals surface area (Å²) in [6.07, 6.45) is 0.667. The highest BCUT2D eigenvalue weighted by Crippen LogP contribution is 2.22. The predicted octanol–water partition coefficient (Wildman–Crippen LogP) is 0.509. The van der Waals surface area contributed by atoms with E-state index in [0.717, 1.165) is 0 Å². The molecule has 0 radical (unpaired) electrons. The zero-order valence-electron chi connectivity index (χ0n) is 11.8. The number of rotatable bonds is 6. The molecule has 0 saturated carbocycles. The Labute approximate surface area is 120 Å². The van der Waals surface area contributed by atoms with Crippen molar-refractivity contribution >= 4 is 16.2 Å². The van der Waals surface area contributed by atoms with Gasteiger partial charge in [0.1, 0.15) is 0 Å². The van der Waals surface area contributed by atoms with Crippen LogP contribution in [0, 0.1) is 23.2 Å². The molecule has 0 aromatic heterocycles. The fraction of sp³-hybridized carbons (Fsp3) is 0.833. The summed E-state index contributed by atoms with van der Waals surface area (Å²) in [4.78, 5) is 10.9. The second kappa shape index (κ2) is 7.02. The summed E-state index contributed by atoms with van der Waals surface area (Å²) in [6, 6.07) is 2.02. The van der Waals surface area contributed by atoms with E-state index in [1.165, 1.54) is 8.61 Å². The van der Waals surface area contributed by atoms with E-state index in [4.69, 9.17) is 10.4 Å². The van der Waals surface area contributed by atoms with E-state index in [1.807, 2.05) is 6.07 Å². The van der Waals surface area contributed by atoms with Crippen LogP contribution in [0.3, 0.4) is 0 Å². The molecule has 0 bridgehead atoms. The maximum Gasteiger partial charge on any atom is 0.306 e. The van der Waals surface area contributed by atoms with Crippen molar-refractivity contribution in [1.29, 1.82) is 5.26 Å². The number of nitrogens with zero attached hydrogens (tertiary/aromatic N) is 3. The molecule has 0 amide bonds. The molecular formula is C12H21N3O4S. The lowest BCUT2D eigenvalue weighted by molar-refractivity contribution is -0.142. The van der Waals surface area contributed by atoms with Crippen molar-refractivity contribution in [3.63, 3.8) is 0 Å². The largest absolute Gasteiger partial charge is 0.481 e. The van der Waals surface area contributed by atoms with Crippen molar-refractivity contribution in [1.82, 2.24) is 8.61 Å². The van der Waals surface area contributed by atoms with Crippen molar-refractivity contribution < 1.29 is 18.3 Å². The fourth-order valence-corrected chi connectivity index (χ4v) is 3.97. The highest BCUT2D eigenvalue weighted by atomic mass is 32.2. The van der Waals surface area contributed by atoms with Crippen LogP contribution in [0.25, 0.3) is 0 Å². The second-order valence-corrected chi connectivity index (χ2v) is 6.93. The molecule has 1 unspecified atom stereocenters. The van der Waals surface area contributed by atoms with Crippen LogP contribution in [0.1, 0.15) is 26.7 Å². The number of hydrogen-bond donors (Lipinski definition) is 1. The molecule has 1 rings (SSSR count). The first kappa shape index (κ1) is 16.9. The molecule has 1 N–H and O–H groups in total. The molecule has 0 spiro atoms. The number of carboxylic acid groups (broad SMARTS) is 1. The van der Waals surface area contributed by atoms with Crippen molar-refractivity contribution in [2.75, 3.05) is 26.2 Å². The topological polar surface area (TPSA) is 102 Å². The van der Waals surface area contributed by atoms with Gasteiger partial charge in [0, 0.05) is 26.2 Å². The highest BCUT2D eigenvalue weighted by molar-refractivity contribution is 7.86. The molecule has 20 heavy (non-hydrogen) atoms. The van der Waals surface area contributed by atoms with Gasteiger partial charge in [-0.3, -0.25) is 4.79 Å². The van der Waals surface area contributed by atoms with Crippen molar-refractivity contribution in [2.45, 2.75) is 26.7 Å². The molecule has 8 heteroatoms. The Morgan fingerprint density at radius 1 is 1.50 bits per heavy atom. The van der Waals surface area contributed by atoms with Crippen LogP contribution < -0.4 is 0 Å². The van der Waals surface area contributed by atoms with E-state index in [1.54, 1.807) is 13.8 Å². The molecule has 0 aliphatic carbocycles. The fourth-order valence-electron chi connectivity index (χ4n) is 2.23. The van der Waals surface area contributed by atoms with Crippen LogP contribution in [-0.4, -0.2) is 54.3 Å². The summed E-state index contributed by atoms with van der Waals surface area (Å²) < 4.78 is 27.5. The van der Waals surface area contributed by atoms with Gasteiger partial charge in [-0.1, -0.05) is 6.92 Å². The summed E-state index contributed by atoms with van der Waals surface area (Å²) in [5, 5.41) is 17.7. The smallest absolute Gasteiger partial charge is 0.306 e. The lowest BCUT2D eigenvalue weighted by Crippen LogP contribution is -2.48. The molecule has 1 saturated heterocycles. The van der Waals surface area contributed by atoms with Crippen molar-refractivity contribution in [2.24, 2.45) is 11.8 Å². The van der Waals surface area contributed by atoms with Crippen LogP contribution in [-0.2, 0) is 15.0 Å². The third kappa shape index (κ3) is 3.91. The monoisotopic (exact) mass is 303 g/mol. The maximum absolute atomic E-state index is 12.4. The highest BCUT2D eigenvalue weighted by Gasteiger charge is 2.34. The van der Waals surface area contributed by atoms with Crippen molar-refractivity contribution in [3.8, 4) is 6.07 Å². The normalized spacial score (nSPS) is 19.7. The first-order valence-electron chi connectivity index (χ1n) is 6.70. The molecule has 114 valence electrons. The number of piperidine rings is 1. The zero-order chi connectivity index (χ0) is 15.3. The number of carbonyl (C=O) groups is 1. The van der Waals surface area contributed by atoms with Gasteiger partial charge < -0.3 is 5.11 Å². The van der Waals surface area contributed by atoms with E-state index in [-0.39, 0.29) is 25.6 Å². The summed E-state index contributed by atoms with van der Waals surface area (Å²) in [5.41, 5.74) is 0. The predicted molar refractivity (Wildman–Crippen MR) is 72.9 cm³/mol. The SMILES string of the molecule is CCN(CC(C)C#N)S(=O)(=O)N1CCC(C(=O)O)CC1. The summed E-state index contributed by atoms with van der Waals surface area (Å²) in [6.45, 7) is 4.30. The number of aliphatic carboxylic acids is 1. The first-order valence-corrected chi connectivity index (χ1v) is 8.10. The molecule has 1 fully saturated rings. The number of carboxylic acids is 1. The Bertz CT molecular complexity index is 477. The molecule has 1 atom stereocenters. The average molecular weight is 303 g/mol. The van der Waals surface area contributed by atoms with Gasteiger partial charge in [0.15, 0.2) is 0 Å². The van der Waals surface area contributed by atoms with Gasteiger partial charge in [0.05, 0.1) is 17.9 Å². The minimum Gasteiger partial charge on any atom is -0.481 e. The molecule has 1 aliphatic rings. The average Bonchev–Trinajstić information content (AvgIpc) is 2.44. The van der Waals surface area contributed by atoms with Crippen LogP contribution in [0.5, 0.6) is 0 Å². The summed E-state index contributed by atoms with van der Waals surface area (Å²) >= 11 is 0. The molecule has 0 aromatic carbocycles. The van der Waals surface area contributed by atoms with E-state index < -0.39 is 22.1 Å². The molecule has 7 nitrogen and oxygen atoms in total. The molecule has 1 aliphatic heterocycles. The van der Waals surface area contributed by atoms with Gasteiger partial charge in [0.25, 0.3) is 10.2 Å².